The van der Waals surface area contributed by atoms with E-state index in [4.69, 9.17) is 0 Å². The molecular weight excluding hydrogens is 280 g/mol. The van der Waals surface area contributed by atoms with Gasteiger partial charge >= 0.3 is 0 Å². The number of hydrogen-bond acceptors (Lipinski definition) is 2. The first-order valence-corrected chi connectivity index (χ1v) is 8.77. The van der Waals surface area contributed by atoms with E-state index in [2.05, 4.69) is 41.3 Å². The van der Waals surface area contributed by atoms with Crippen molar-refractivity contribution < 1.29 is 0 Å². The molecule has 0 radical (unpaired) electrons. The summed E-state index contributed by atoms with van der Waals surface area (Å²) in [5, 5.41) is 9.64. The Hall–Kier alpha value is -2.27. The molecule has 0 bridgehead atoms. The summed E-state index contributed by atoms with van der Waals surface area (Å²) in [4.78, 5) is 2.47. The first kappa shape index (κ1) is 14.3. The van der Waals surface area contributed by atoms with Crippen LogP contribution in [0.15, 0.2) is 36.4 Å². The zero-order valence-electron chi connectivity index (χ0n) is 13.5. The van der Waals surface area contributed by atoms with Crippen molar-refractivity contribution in [1.29, 1.82) is 5.26 Å². The molecule has 1 aliphatic heterocycles. The Morgan fingerprint density at radius 2 is 1.65 bits per heavy atom. The summed E-state index contributed by atoms with van der Waals surface area (Å²) in [6, 6.07) is 15.4. The molecule has 4 rings (SSSR count). The van der Waals surface area contributed by atoms with Crippen LogP contribution in [-0.2, 0) is 12.8 Å². The van der Waals surface area contributed by atoms with E-state index in [1.54, 1.807) is 0 Å². The molecular formula is C21H22N2. The molecule has 0 atom stereocenters. The van der Waals surface area contributed by atoms with Gasteiger partial charge in [0.1, 0.15) is 6.07 Å². The van der Waals surface area contributed by atoms with Gasteiger partial charge in [-0.05, 0) is 66.8 Å². The van der Waals surface area contributed by atoms with Gasteiger partial charge in [0.25, 0.3) is 0 Å². The van der Waals surface area contributed by atoms with Crippen molar-refractivity contribution in [3.63, 3.8) is 0 Å². The topological polar surface area (TPSA) is 27.0 Å². The summed E-state index contributed by atoms with van der Waals surface area (Å²) in [6.45, 7) is 2.18. The van der Waals surface area contributed by atoms with E-state index < -0.39 is 0 Å². The van der Waals surface area contributed by atoms with Gasteiger partial charge in [0.2, 0.25) is 0 Å². The number of rotatable bonds is 1. The number of nitrogens with zero attached hydrogens (tertiary/aromatic N) is 2. The quantitative estimate of drug-likeness (QED) is 0.763. The van der Waals surface area contributed by atoms with Gasteiger partial charge in [0.15, 0.2) is 0 Å². The lowest BCUT2D eigenvalue weighted by Crippen LogP contribution is -2.31. The van der Waals surface area contributed by atoms with Crippen molar-refractivity contribution in [1.82, 2.24) is 0 Å². The molecule has 2 heteroatoms. The maximum Gasteiger partial charge on any atom is 0.101 e. The van der Waals surface area contributed by atoms with E-state index in [-0.39, 0.29) is 0 Å². The monoisotopic (exact) mass is 302 g/mol. The van der Waals surface area contributed by atoms with Crippen LogP contribution >= 0.6 is 0 Å². The van der Waals surface area contributed by atoms with Crippen molar-refractivity contribution in [3.8, 4) is 17.2 Å². The molecule has 0 aromatic heterocycles. The Bertz CT molecular complexity index is 764. The highest BCUT2D eigenvalue weighted by atomic mass is 15.1. The summed E-state index contributed by atoms with van der Waals surface area (Å²) in [5.74, 6) is 0. The third-order valence-electron chi connectivity index (χ3n) is 5.26. The molecule has 0 amide bonds. The minimum atomic E-state index is 0.852. The summed E-state index contributed by atoms with van der Waals surface area (Å²) in [6.07, 6.45) is 7.17. The Balaban J connectivity index is 1.92. The lowest BCUT2D eigenvalue weighted by molar-refractivity contribution is 0.575. The largest absolute Gasteiger partial charge is 0.370 e. The van der Waals surface area contributed by atoms with Crippen molar-refractivity contribution in [3.05, 3.63) is 53.1 Å². The molecule has 0 unspecified atom stereocenters. The van der Waals surface area contributed by atoms with Crippen molar-refractivity contribution >= 4 is 5.69 Å². The molecule has 2 aromatic carbocycles. The van der Waals surface area contributed by atoms with Gasteiger partial charge in [-0.15, -0.1) is 0 Å². The van der Waals surface area contributed by atoms with Gasteiger partial charge in [-0.1, -0.05) is 30.3 Å². The van der Waals surface area contributed by atoms with Gasteiger partial charge in [0, 0.05) is 13.1 Å². The molecule has 116 valence electrons. The predicted molar refractivity (Wildman–Crippen MR) is 94.7 cm³/mol. The van der Waals surface area contributed by atoms with Gasteiger partial charge in [-0.25, -0.2) is 0 Å². The van der Waals surface area contributed by atoms with Gasteiger partial charge < -0.3 is 4.90 Å². The van der Waals surface area contributed by atoms with Gasteiger partial charge in [-0.2, -0.15) is 5.26 Å². The van der Waals surface area contributed by atoms with E-state index in [1.165, 1.54) is 53.6 Å². The summed E-state index contributed by atoms with van der Waals surface area (Å²) in [7, 11) is 0. The average molecular weight is 302 g/mol. The number of hydrogen-bond donors (Lipinski definition) is 0. The molecule has 1 heterocycles. The Kier molecular flexibility index (Phi) is 3.79. The number of nitriles is 1. The zero-order chi connectivity index (χ0) is 15.6. The van der Waals surface area contributed by atoms with E-state index in [1.807, 2.05) is 6.07 Å². The van der Waals surface area contributed by atoms with Crippen LogP contribution in [0.4, 0.5) is 5.69 Å². The van der Waals surface area contributed by atoms with Crippen LogP contribution in [0.25, 0.3) is 11.1 Å². The second-order valence-electron chi connectivity index (χ2n) is 6.66. The van der Waals surface area contributed by atoms with E-state index in [9.17, 15) is 5.26 Å². The van der Waals surface area contributed by atoms with Crippen LogP contribution < -0.4 is 4.90 Å². The van der Waals surface area contributed by atoms with E-state index >= 15 is 0 Å². The van der Waals surface area contributed by atoms with E-state index in [0.29, 0.717) is 0 Å². The zero-order valence-corrected chi connectivity index (χ0v) is 13.5. The molecule has 2 aromatic rings. The minimum Gasteiger partial charge on any atom is -0.370 e. The fourth-order valence-corrected chi connectivity index (χ4v) is 4.17. The Morgan fingerprint density at radius 3 is 2.48 bits per heavy atom. The van der Waals surface area contributed by atoms with E-state index in [0.717, 1.165) is 31.5 Å². The second kappa shape index (κ2) is 6.08. The lowest BCUT2D eigenvalue weighted by Gasteiger charge is -2.32. The summed E-state index contributed by atoms with van der Waals surface area (Å²) >= 11 is 0. The summed E-state index contributed by atoms with van der Waals surface area (Å²) < 4.78 is 0. The maximum atomic E-state index is 9.64. The van der Waals surface area contributed by atoms with Gasteiger partial charge in [0.05, 0.1) is 11.3 Å². The highest BCUT2D eigenvalue weighted by molar-refractivity contribution is 5.80. The average Bonchev–Trinajstić information content (AvgIpc) is 2.81. The van der Waals surface area contributed by atoms with Crippen LogP contribution in [0.5, 0.6) is 0 Å². The smallest absolute Gasteiger partial charge is 0.101 e. The molecule has 0 spiro atoms. The van der Waals surface area contributed by atoms with Crippen LogP contribution in [0.2, 0.25) is 0 Å². The molecule has 23 heavy (non-hydrogen) atoms. The summed E-state index contributed by atoms with van der Waals surface area (Å²) in [5.41, 5.74) is 7.63. The number of fused-ring (bicyclic) bond motifs is 3. The van der Waals surface area contributed by atoms with Crippen molar-refractivity contribution in [2.24, 2.45) is 0 Å². The second-order valence-corrected chi connectivity index (χ2v) is 6.66. The first-order chi connectivity index (χ1) is 11.4. The number of anilines is 1. The van der Waals surface area contributed by atoms with Crippen LogP contribution in [0, 0.1) is 11.3 Å². The van der Waals surface area contributed by atoms with Crippen LogP contribution in [0.3, 0.4) is 0 Å². The SMILES string of the molecule is N#Cc1ccc2c(c1N1CCCCC1)CCCc1ccccc1-2. The van der Waals surface area contributed by atoms with Crippen LogP contribution in [0.1, 0.15) is 42.4 Å². The number of benzene rings is 2. The van der Waals surface area contributed by atoms with Crippen molar-refractivity contribution in [2.75, 3.05) is 18.0 Å². The standard InChI is InChI=1S/C21H22N2/c22-15-17-11-12-19-18-9-3-2-7-16(18)8-6-10-20(19)21(17)23-13-4-1-5-14-23/h2-3,7,9,11-12H,1,4-6,8,10,13-14H2. The normalized spacial score (nSPS) is 16.9. The molecule has 2 aliphatic rings. The Labute approximate surface area is 138 Å². The minimum absolute atomic E-state index is 0.852. The number of piperidine rings is 1. The fourth-order valence-electron chi connectivity index (χ4n) is 4.17. The first-order valence-electron chi connectivity index (χ1n) is 8.77. The third kappa shape index (κ3) is 2.51. The predicted octanol–water partition coefficient (Wildman–Crippen LogP) is 4.70. The Morgan fingerprint density at radius 1 is 0.826 bits per heavy atom. The molecule has 1 saturated heterocycles. The molecule has 0 saturated carbocycles. The van der Waals surface area contributed by atoms with Crippen LogP contribution in [-0.4, -0.2) is 13.1 Å². The lowest BCUT2D eigenvalue weighted by atomic mass is 9.92. The van der Waals surface area contributed by atoms with Crippen molar-refractivity contribution in [2.45, 2.75) is 38.5 Å². The molecule has 0 N–H and O–H groups in total. The molecule has 2 nitrogen and oxygen atoms in total. The third-order valence-corrected chi connectivity index (χ3v) is 5.26. The molecule has 1 aliphatic carbocycles. The number of aryl methyl sites for hydroxylation is 1. The highest BCUT2D eigenvalue weighted by Crippen LogP contribution is 2.40. The maximum absolute atomic E-state index is 9.64. The molecule has 1 fully saturated rings. The fraction of sp³-hybridized carbons (Fsp3) is 0.381. The van der Waals surface area contributed by atoms with Gasteiger partial charge in [-0.3, -0.25) is 0 Å². The highest BCUT2D eigenvalue weighted by Gasteiger charge is 2.23.